The van der Waals surface area contributed by atoms with E-state index in [0.717, 1.165) is 5.56 Å². The second-order valence-corrected chi connectivity index (χ2v) is 6.72. The molecule has 0 unspecified atom stereocenters. The summed E-state index contributed by atoms with van der Waals surface area (Å²) in [7, 11) is 1.58. The molecule has 0 radical (unpaired) electrons. The fourth-order valence-electron chi connectivity index (χ4n) is 2.93. The van der Waals surface area contributed by atoms with Gasteiger partial charge in [-0.05, 0) is 41.5 Å². The van der Waals surface area contributed by atoms with Crippen LogP contribution < -0.4 is 15.4 Å². The van der Waals surface area contributed by atoms with E-state index in [2.05, 4.69) is 10.6 Å². The van der Waals surface area contributed by atoms with Crippen LogP contribution in [0, 0.1) is 10.1 Å². The molecule has 3 rings (SSSR count). The summed E-state index contributed by atoms with van der Waals surface area (Å²) in [4.78, 5) is 35.3. The maximum Gasteiger partial charge on any atom is 0.269 e. The van der Waals surface area contributed by atoms with Crippen LogP contribution in [0.5, 0.6) is 5.75 Å². The van der Waals surface area contributed by atoms with E-state index in [1.165, 1.54) is 18.2 Å². The lowest BCUT2D eigenvalue weighted by Gasteiger charge is -2.09. The van der Waals surface area contributed by atoms with Gasteiger partial charge < -0.3 is 15.4 Å². The number of nitrogens with zero attached hydrogens (tertiary/aromatic N) is 1. The molecule has 0 fully saturated rings. The van der Waals surface area contributed by atoms with Gasteiger partial charge in [-0.1, -0.05) is 30.3 Å². The van der Waals surface area contributed by atoms with Gasteiger partial charge in [-0.25, -0.2) is 0 Å². The maximum atomic E-state index is 12.5. The smallest absolute Gasteiger partial charge is 0.269 e. The molecule has 31 heavy (non-hydrogen) atoms. The summed E-state index contributed by atoms with van der Waals surface area (Å²) in [6.07, 6.45) is 0. The predicted octanol–water partition coefficient (Wildman–Crippen LogP) is 3.46. The van der Waals surface area contributed by atoms with Gasteiger partial charge in [0.25, 0.3) is 17.5 Å². The fourth-order valence-corrected chi connectivity index (χ4v) is 2.93. The topological polar surface area (TPSA) is 111 Å². The number of rotatable bonds is 8. The number of nitro benzene ring substituents is 1. The first-order valence-corrected chi connectivity index (χ1v) is 9.49. The number of methoxy groups -OCH3 is 1. The molecule has 0 saturated heterocycles. The van der Waals surface area contributed by atoms with E-state index < -0.39 is 4.92 Å². The summed E-state index contributed by atoms with van der Waals surface area (Å²) in [5.41, 5.74) is 2.13. The van der Waals surface area contributed by atoms with Crippen LogP contribution in [0.2, 0.25) is 0 Å². The van der Waals surface area contributed by atoms with Gasteiger partial charge in [0.05, 0.1) is 12.0 Å². The molecule has 2 amide bonds. The molecule has 0 aliphatic heterocycles. The molecule has 0 aliphatic carbocycles. The Bertz CT molecular complexity index is 1110. The summed E-state index contributed by atoms with van der Waals surface area (Å²) >= 11 is 0. The first kappa shape index (κ1) is 21.5. The Kier molecular flexibility index (Phi) is 6.95. The maximum absolute atomic E-state index is 12.5. The van der Waals surface area contributed by atoms with Crippen molar-refractivity contribution in [1.29, 1.82) is 0 Å². The fraction of sp³-hybridized carbons (Fsp3) is 0.130. The van der Waals surface area contributed by atoms with Crippen molar-refractivity contribution in [2.45, 2.75) is 13.1 Å². The first-order chi connectivity index (χ1) is 15.0. The number of ether oxygens (including phenoxy) is 1. The van der Waals surface area contributed by atoms with Crippen LogP contribution in [-0.4, -0.2) is 23.8 Å². The Morgan fingerprint density at radius 1 is 0.839 bits per heavy atom. The zero-order valence-corrected chi connectivity index (χ0v) is 16.8. The normalized spacial score (nSPS) is 10.2. The van der Waals surface area contributed by atoms with Crippen molar-refractivity contribution < 1.29 is 19.2 Å². The highest BCUT2D eigenvalue weighted by Gasteiger charge is 2.12. The van der Waals surface area contributed by atoms with Crippen LogP contribution in [0.15, 0.2) is 72.8 Å². The Labute approximate surface area is 179 Å². The highest BCUT2D eigenvalue weighted by molar-refractivity contribution is 5.99. The van der Waals surface area contributed by atoms with Crippen molar-refractivity contribution >= 4 is 17.5 Å². The summed E-state index contributed by atoms with van der Waals surface area (Å²) in [5.74, 6) is 0.0132. The molecule has 3 aromatic rings. The molecule has 8 heteroatoms. The van der Waals surface area contributed by atoms with Crippen molar-refractivity contribution in [3.05, 3.63) is 105 Å². The lowest BCUT2D eigenvalue weighted by Crippen LogP contribution is -2.25. The Morgan fingerprint density at radius 2 is 1.39 bits per heavy atom. The predicted molar refractivity (Wildman–Crippen MR) is 115 cm³/mol. The minimum absolute atomic E-state index is 0.0403. The lowest BCUT2D eigenvalue weighted by molar-refractivity contribution is -0.384. The zero-order chi connectivity index (χ0) is 22.2. The molecule has 158 valence electrons. The second-order valence-electron chi connectivity index (χ2n) is 6.72. The number of nitrogens with one attached hydrogen (secondary N) is 2. The van der Waals surface area contributed by atoms with Crippen molar-refractivity contribution in [2.75, 3.05) is 7.11 Å². The molecular formula is C23H21N3O5. The van der Waals surface area contributed by atoms with Gasteiger partial charge in [-0.15, -0.1) is 0 Å². The van der Waals surface area contributed by atoms with Crippen molar-refractivity contribution in [2.24, 2.45) is 0 Å². The molecular weight excluding hydrogens is 398 g/mol. The Hall–Kier alpha value is -4.20. The average molecular weight is 419 g/mol. The summed E-state index contributed by atoms with van der Waals surface area (Å²) < 4.78 is 5.17. The average Bonchev–Trinajstić information content (AvgIpc) is 2.81. The van der Waals surface area contributed by atoms with Gasteiger partial charge in [0.15, 0.2) is 0 Å². The van der Waals surface area contributed by atoms with Crippen LogP contribution >= 0.6 is 0 Å². The summed E-state index contributed by atoms with van der Waals surface area (Å²) in [5, 5.41) is 16.4. The highest BCUT2D eigenvalue weighted by Crippen LogP contribution is 2.14. The molecule has 0 spiro atoms. The van der Waals surface area contributed by atoms with Gasteiger partial charge in [-0.3, -0.25) is 19.7 Å². The quantitative estimate of drug-likeness (QED) is 0.429. The number of hydrogen-bond acceptors (Lipinski definition) is 5. The summed E-state index contributed by atoms with van der Waals surface area (Å²) in [6.45, 7) is 0.450. The van der Waals surface area contributed by atoms with E-state index in [0.29, 0.717) is 29.0 Å². The first-order valence-electron chi connectivity index (χ1n) is 9.49. The molecule has 3 aromatic carbocycles. The van der Waals surface area contributed by atoms with Crippen molar-refractivity contribution in [1.82, 2.24) is 10.6 Å². The van der Waals surface area contributed by atoms with E-state index in [1.807, 2.05) is 24.3 Å². The van der Waals surface area contributed by atoms with Gasteiger partial charge in [0, 0.05) is 36.3 Å². The molecule has 8 nitrogen and oxygen atoms in total. The van der Waals surface area contributed by atoms with Crippen LogP contribution in [0.25, 0.3) is 0 Å². The van der Waals surface area contributed by atoms with Crippen LogP contribution in [0.4, 0.5) is 5.69 Å². The minimum atomic E-state index is -0.487. The van der Waals surface area contributed by atoms with Gasteiger partial charge >= 0.3 is 0 Å². The van der Waals surface area contributed by atoms with E-state index >= 15 is 0 Å². The van der Waals surface area contributed by atoms with E-state index in [1.54, 1.807) is 37.4 Å². The molecule has 2 N–H and O–H groups in total. The zero-order valence-electron chi connectivity index (χ0n) is 16.8. The number of carbonyl (C=O) groups excluding carboxylic acids is 2. The number of carbonyl (C=O) groups is 2. The second kappa shape index (κ2) is 10.0. The third-order valence-corrected chi connectivity index (χ3v) is 4.55. The highest BCUT2D eigenvalue weighted by atomic mass is 16.6. The van der Waals surface area contributed by atoms with Gasteiger partial charge in [0.1, 0.15) is 5.75 Å². The Balaban J connectivity index is 1.60. The van der Waals surface area contributed by atoms with Crippen LogP contribution in [-0.2, 0) is 13.1 Å². The number of nitro groups is 1. The third kappa shape index (κ3) is 5.89. The standard InChI is InChI=1S/C23H21N3O5/c1-31-21-10-3-6-17(12-21)15-25-23(28)19-8-4-7-18(13-19)22(27)24-14-16-5-2-9-20(11-16)26(29)30/h2-13H,14-15H2,1H3,(H,24,27)(H,25,28). The minimum Gasteiger partial charge on any atom is -0.497 e. The monoisotopic (exact) mass is 419 g/mol. The van der Waals surface area contributed by atoms with Gasteiger partial charge in [0.2, 0.25) is 0 Å². The largest absolute Gasteiger partial charge is 0.497 e. The molecule has 0 heterocycles. The molecule has 0 aliphatic rings. The SMILES string of the molecule is COc1cccc(CNC(=O)c2cccc(C(=O)NCc3cccc([N+](=O)[O-])c3)c2)c1. The Morgan fingerprint density at radius 3 is 1.97 bits per heavy atom. The van der Waals surface area contributed by atoms with Crippen LogP contribution in [0.1, 0.15) is 31.8 Å². The molecule has 0 atom stereocenters. The number of non-ortho nitro benzene ring substituents is 1. The van der Waals surface area contributed by atoms with Crippen molar-refractivity contribution in [3.8, 4) is 5.75 Å². The number of amides is 2. The van der Waals surface area contributed by atoms with Gasteiger partial charge in [-0.2, -0.15) is 0 Å². The molecule has 0 aromatic heterocycles. The van der Waals surface area contributed by atoms with Crippen molar-refractivity contribution in [3.63, 3.8) is 0 Å². The van der Waals surface area contributed by atoms with E-state index in [9.17, 15) is 19.7 Å². The van der Waals surface area contributed by atoms with E-state index in [4.69, 9.17) is 4.74 Å². The lowest BCUT2D eigenvalue weighted by atomic mass is 10.1. The van der Waals surface area contributed by atoms with E-state index in [-0.39, 0.29) is 24.0 Å². The number of benzene rings is 3. The molecule has 0 bridgehead atoms. The van der Waals surface area contributed by atoms with Crippen LogP contribution in [0.3, 0.4) is 0 Å². The molecule has 0 saturated carbocycles. The third-order valence-electron chi connectivity index (χ3n) is 4.55. The number of hydrogen-bond donors (Lipinski definition) is 2. The summed E-state index contributed by atoms with van der Waals surface area (Å²) in [6, 6.07) is 19.8.